The highest BCUT2D eigenvalue weighted by Crippen LogP contribution is 2.23. The fourth-order valence-electron chi connectivity index (χ4n) is 3.53. The second-order valence-electron chi connectivity index (χ2n) is 6.34. The molecule has 1 aliphatic carbocycles. The maximum Gasteiger partial charge on any atom is 0.0702 e. The SMILES string of the molecule is CC1CCCC(NCCN(C)C2CCOC2C)C1. The molecule has 1 saturated carbocycles. The Morgan fingerprint density at radius 1 is 1.22 bits per heavy atom. The van der Waals surface area contributed by atoms with Crippen LogP contribution >= 0.6 is 0 Å². The van der Waals surface area contributed by atoms with E-state index in [4.69, 9.17) is 4.74 Å². The highest BCUT2D eigenvalue weighted by atomic mass is 16.5. The van der Waals surface area contributed by atoms with Crippen LogP contribution < -0.4 is 5.32 Å². The summed E-state index contributed by atoms with van der Waals surface area (Å²) in [6.45, 7) is 7.78. The smallest absolute Gasteiger partial charge is 0.0702 e. The molecule has 1 heterocycles. The van der Waals surface area contributed by atoms with E-state index in [1.807, 2.05) is 0 Å². The molecule has 2 rings (SSSR count). The van der Waals surface area contributed by atoms with E-state index in [2.05, 4.69) is 31.1 Å². The second-order valence-corrected chi connectivity index (χ2v) is 6.34. The molecular formula is C15H30N2O. The summed E-state index contributed by atoms with van der Waals surface area (Å²) in [6, 6.07) is 1.39. The summed E-state index contributed by atoms with van der Waals surface area (Å²) < 4.78 is 5.63. The Morgan fingerprint density at radius 2 is 2.06 bits per heavy atom. The van der Waals surface area contributed by atoms with Gasteiger partial charge in [0.05, 0.1) is 6.10 Å². The number of rotatable bonds is 5. The van der Waals surface area contributed by atoms with E-state index in [1.165, 1.54) is 32.1 Å². The van der Waals surface area contributed by atoms with Crippen molar-refractivity contribution in [3.05, 3.63) is 0 Å². The van der Waals surface area contributed by atoms with Crippen molar-refractivity contribution in [2.45, 2.75) is 64.1 Å². The van der Waals surface area contributed by atoms with E-state index in [1.54, 1.807) is 0 Å². The molecule has 106 valence electrons. The van der Waals surface area contributed by atoms with Crippen LogP contribution in [0.15, 0.2) is 0 Å². The van der Waals surface area contributed by atoms with Gasteiger partial charge in [-0.1, -0.05) is 19.8 Å². The monoisotopic (exact) mass is 254 g/mol. The van der Waals surface area contributed by atoms with Crippen LogP contribution in [-0.2, 0) is 4.74 Å². The molecule has 2 fully saturated rings. The van der Waals surface area contributed by atoms with E-state index >= 15 is 0 Å². The van der Waals surface area contributed by atoms with Gasteiger partial charge >= 0.3 is 0 Å². The van der Waals surface area contributed by atoms with Gasteiger partial charge in [0.1, 0.15) is 0 Å². The van der Waals surface area contributed by atoms with Crippen molar-refractivity contribution in [2.24, 2.45) is 5.92 Å². The Morgan fingerprint density at radius 3 is 2.72 bits per heavy atom. The van der Waals surface area contributed by atoms with Crippen molar-refractivity contribution < 1.29 is 4.74 Å². The number of hydrogen-bond donors (Lipinski definition) is 1. The molecule has 3 heteroatoms. The van der Waals surface area contributed by atoms with Gasteiger partial charge in [-0.25, -0.2) is 0 Å². The van der Waals surface area contributed by atoms with E-state index in [-0.39, 0.29) is 0 Å². The van der Waals surface area contributed by atoms with Crippen molar-refractivity contribution in [1.82, 2.24) is 10.2 Å². The summed E-state index contributed by atoms with van der Waals surface area (Å²) in [5.74, 6) is 0.914. The third-order valence-corrected chi connectivity index (χ3v) is 4.74. The summed E-state index contributed by atoms with van der Waals surface area (Å²) in [5.41, 5.74) is 0. The lowest BCUT2D eigenvalue weighted by molar-refractivity contribution is 0.0835. The molecule has 1 saturated heterocycles. The molecule has 0 amide bonds. The Labute approximate surface area is 112 Å². The number of nitrogens with one attached hydrogen (secondary N) is 1. The van der Waals surface area contributed by atoms with Gasteiger partial charge in [0.25, 0.3) is 0 Å². The highest BCUT2D eigenvalue weighted by Gasteiger charge is 2.27. The van der Waals surface area contributed by atoms with E-state index < -0.39 is 0 Å². The quantitative estimate of drug-likeness (QED) is 0.814. The predicted octanol–water partition coefficient (Wildman–Crippen LogP) is 2.26. The standard InChI is InChI=1S/C15H30N2O/c1-12-5-4-6-14(11-12)16-8-9-17(3)15-7-10-18-13(15)2/h12-16H,4-11H2,1-3H3. The van der Waals surface area contributed by atoms with Gasteiger partial charge in [-0.05, 0) is 39.2 Å². The van der Waals surface area contributed by atoms with Gasteiger partial charge in [-0.15, -0.1) is 0 Å². The summed E-state index contributed by atoms with van der Waals surface area (Å²) in [4.78, 5) is 2.47. The predicted molar refractivity (Wildman–Crippen MR) is 75.9 cm³/mol. The number of nitrogens with zero attached hydrogens (tertiary/aromatic N) is 1. The number of hydrogen-bond acceptors (Lipinski definition) is 3. The first-order valence-electron chi connectivity index (χ1n) is 7.72. The van der Waals surface area contributed by atoms with E-state index in [9.17, 15) is 0 Å². The number of ether oxygens (including phenoxy) is 1. The van der Waals surface area contributed by atoms with Gasteiger partial charge in [-0.3, -0.25) is 4.90 Å². The summed E-state index contributed by atoms with van der Waals surface area (Å²) in [6.07, 6.45) is 7.17. The molecule has 3 nitrogen and oxygen atoms in total. The minimum atomic E-state index is 0.407. The zero-order valence-electron chi connectivity index (χ0n) is 12.3. The third-order valence-electron chi connectivity index (χ3n) is 4.74. The van der Waals surface area contributed by atoms with E-state index in [0.29, 0.717) is 12.1 Å². The van der Waals surface area contributed by atoms with Crippen LogP contribution in [0, 0.1) is 5.92 Å². The van der Waals surface area contributed by atoms with Gasteiger partial charge < -0.3 is 10.1 Å². The highest BCUT2D eigenvalue weighted by molar-refractivity contribution is 4.81. The van der Waals surface area contributed by atoms with Gasteiger partial charge in [0.2, 0.25) is 0 Å². The maximum atomic E-state index is 5.63. The molecule has 0 bridgehead atoms. The van der Waals surface area contributed by atoms with Crippen LogP contribution in [0.4, 0.5) is 0 Å². The lowest BCUT2D eigenvalue weighted by Crippen LogP contribution is -2.43. The van der Waals surface area contributed by atoms with Crippen LogP contribution in [0.2, 0.25) is 0 Å². The topological polar surface area (TPSA) is 24.5 Å². The average Bonchev–Trinajstić information content (AvgIpc) is 2.75. The molecule has 0 aromatic rings. The molecular weight excluding hydrogens is 224 g/mol. The maximum absolute atomic E-state index is 5.63. The van der Waals surface area contributed by atoms with Crippen molar-refractivity contribution in [2.75, 3.05) is 26.7 Å². The minimum absolute atomic E-state index is 0.407. The lowest BCUT2D eigenvalue weighted by Gasteiger charge is -2.30. The molecule has 0 radical (unpaired) electrons. The van der Waals surface area contributed by atoms with E-state index in [0.717, 1.165) is 31.7 Å². The first-order valence-corrected chi connectivity index (χ1v) is 7.72. The van der Waals surface area contributed by atoms with Crippen molar-refractivity contribution in [3.8, 4) is 0 Å². The molecule has 2 aliphatic rings. The van der Waals surface area contributed by atoms with Crippen molar-refractivity contribution in [1.29, 1.82) is 0 Å². The average molecular weight is 254 g/mol. The Balaban J connectivity index is 1.62. The Hall–Kier alpha value is -0.120. The van der Waals surface area contributed by atoms with Crippen LogP contribution in [0.1, 0.15) is 46.0 Å². The van der Waals surface area contributed by atoms with Gasteiger partial charge in [-0.2, -0.15) is 0 Å². The fourth-order valence-corrected chi connectivity index (χ4v) is 3.53. The molecule has 0 spiro atoms. The lowest BCUT2D eigenvalue weighted by atomic mass is 9.87. The largest absolute Gasteiger partial charge is 0.377 e. The van der Waals surface area contributed by atoms with Crippen LogP contribution in [0.3, 0.4) is 0 Å². The Bertz CT molecular complexity index is 247. The summed E-state index contributed by atoms with van der Waals surface area (Å²) in [5, 5.41) is 3.74. The Kier molecular flexibility index (Phi) is 5.46. The molecule has 18 heavy (non-hydrogen) atoms. The first kappa shape index (κ1) is 14.3. The molecule has 1 aliphatic heterocycles. The molecule has 1 N–H and O–H groups in total. The van der Waals surface area contributed by atoms with Crippen LogP contribution in [0.25, 0.3) is 0 Å². The minimum Gasteiger partial charge on any atom is -0.377 e. The first-order chi connectivity index (χ1) is 8.66. The third kappa shape index (κ3) is 3.94. The normalized spacial score (nSPS) is 37.3. The zero-order valence-corrected chi connectivity index (χ0v) is 12.3. The summed E-state index contributed by atoms with van der Waals surface area (Å²) in [7, 11) is 2.24. The van der Waals surface area contributed by atoms with Crippen molar-refractivity contribution >= 4 is 0 Å². The van der Waals surface area contributed by atoms with Gasteiger partial charge in [0, 0.05) is 31.8 Å². The fraction of sp³-hybridized carbons (Fsp3) is 1.00. The summed E-state index contributed by atoms with van der Waals surface area (Å²) >= 11 is 0. The van der Waals surface area contributed by atoms with Gasteiger partial charge in [0.15, 0.2) is 0 Å². The van der Waals surface area contributed by atoms with Crippen LogP contribution in [0.5, 0.6) is 0 Å². The van der Waals surface area contributed by atoms with Crippen LogP contribution in [-0.4, -0.2) is 49.8 Å². The van der Waals surface area contributed by atoms with Crippen molar-refractivity contribution in [3.63, 3.8) is 0 Å². The molecule has 4 atom stereocenters. The number of likely N-dealkylation sites (N-methyl/N-ethyl adjacent to an activating group) is 1. The second kappa shape index (κ2) is 6.88. The molecule has 4 unspecified atom stereocenters. The molecule has 0 aromatic carbocycles. The zero-order chi connectivity index (χ0) is 13.0. The molecule has 0 aromatic heterocycles.